The summed E-state index contributed by atoms with van der Waals surface area (Å²) in [6, 6.07) is 0. The predicted octanol–water partition coefficient (Wildman–Crippen LogP) is 1.04. The van der Waals surface area contributed by atoms with Gasteiger partial charge in [0.1, 0.15) is 5.78 Å². The number of hydrogen-bond acceptors (Lipinski definition) is 3. The smallest absolute Gasteiger partial charge is 0.314 e. The van der Waals surface area contributed by atoms with Gasteiger partial charge in [-0.25, -0.2) is 0 Å². The Labute approximate surface area is 59.7 Å². The van der Waals surface area contributed by atoms with Crippen molar-refractivity contribution < 1.29 is 14.3 Å². The maximum absolute atomic E-state index is 9.96. The fraction of sp³-hybridized carbons (Fsp3) is 0.429. The van der Waals surface area contributed by atoms with Crippen molar-refractivity contribution in [2.45, 2.75) is 20.3 Å². The van der Waals surface area contributed by atoms with E-state index in [1.165, 1.54) is 20.1 Å². The Kier molecular flexibility index (Phi) is 4.20. The lowest BCUT2D eigenvalue weighted by atomic mass is 10.5. The summed E-state index contributed by atoms with van der Waals surface area (Å²) in [6.45, 7) is 3.06. The Bertz CT molecular complexity index is 144. The number of esters is 1. The molecule has 0 amide bonds. The van der Waals surface area contributed by atoms with E-state index in [9.17, 15) is 9.59 Å². The molecular weight excluding hydrogens is 132 g/mol. The highest BCUT2D eigenvalue weighted by Crippen LogP contribution is 1.96. The Hall–Kier alpha value is -1.12. The lowest BCUT2D eigenvalue weighted by Crippen LogP contribution is -1.87. The fourth-order valence-electron chi connectivity index (χ4n) is 0.316. The Balaban J connectivity index is 0.000000180. The number of carbonyl (C=O) groups is 2. The van der Waals surface area contributed by atoms with Crippen LogP contribution in [0.5, 0.6) is 0 Å². The summed E-state index contributed by atoms with van der Waals surface area (Å²) in [7, 11) is 0. The van der Waals surface area contributed by atoms with E-state index in [2.05, 4.69) is 4.74 Å². The quantitative estimate of drug-likeness (QED) is 0.474. The normalized spacial score (nSPS) is 13.6. The lowest BCUT2D eigenvalue weighted by Gasteiger charge is -1.78. The maximum atomic E-state index is 9.96. The van der Waals surface area contributed by atoms with Gasteiger partial charge in [-0.1, -0.05) is 0 Å². The van der Waals surface area contributed by atoms with Crippen molar-refractivity contribution in [2.24, 2.45) is 0 Å². The summed E-state index contributed by atoms with van der Waals surface area (Å²) in [6.07, 6.45) is 3.53. The molecule has 0 aromatic rings. The lowest BCUT2D eigenvalue weighted by molar-refractivity contribution is -0.135. The van der Waals surface area contributed by atoms with Crippen molar-refractivity contribution in [3.63, 3.8) is 0 Å². The molecule has 0 N–H and O–H groups in total. The van der Waals surface area contributed by atoms with Crippen molar-refractivity contribution in [3.05, 3.63) is 12.3 Å². The molecule has 3 heteroatoms. The monoisotopic (exact) mass is 142 g/mol. The standard InChI is InChI=1S/C4H4O2.C3H6O/c5-4-2-1-3-6-4;1-3(2)4/h1,3H,2H2;1-2H3. The molecule has 10 heavy (non-hydrogen) atoms. The SMILES string of the molecule is CC(C)=O.O=C1CC=CO1. The van der Waals surface area contributed by atoms with E-state index in [0.717, 1.165) is 0 Å². The van der Waals surface area contributed by atoms with Gasteiger partial charge in [-0.2, -0.15) is 0 Å². The van der Waals surface area contributed by atoms with E-state index < -0.39 is 0 Å². The van der Waals surface area contributed by atoms with Gasteiger partial charge in [-0.3, -0.25) is 4.79 Å². The third-order valence-electron chi connectivity index (χ3n) is 0.580. The molecule has 0 radical (unpaired) electrons. The Morgan fingerprint density at radius 2 is 2.10 bits per heavy atom. The zero-order valence-electron chi connectivity index (χ0n) is 6.09. The van der Waals surface area contributed by atoms with Gasteiger partial charge in [0.05, 0.1) is 12.7 Å². The molecule has 0 saturated carbocycles. The topological polar surface area (TPSA) is 43.4 Å². The minimum atomic E-state index is -0.157. The maximum Gasteiger partial charge on any atom is 0.314 e. The molecule has 3 nitrogen and oxygen atoms in total. The average Bonchev–Trinajstić information content (AvgIpc) is 2.15. The number of carbonyl (C=O) groups excluding carboxylic acids is 2. The molecule has 0 saturated heterocycles. The molecule has 0 aromatic carbocycles. The van der Waals surface area contributed by atoms with Crippen molar-refractivity contribution >= 4 is 11.8 Å². The fourth-order valence-corrected chi connectivity index (χ4v) is 0.316. The summed E-state index contributed by atoms with van der Waals surface area (Å²) in [5, 5.41) is 0. The van der Waals surface area contributed by atoms with Crippen LogP contribution in [-0.2, 0) is 14.3 Å². The van der Waals surface area contributed by atoms with E-state index >= 15 is 0 Å². The minimum Gasteiger partial charge on any atom is -0.435 e. The van der Waals surface area contributed by atoms with E-state index in [0.29, 0.717) is 6.42 Å². The number of ether oxygens (including phenoxy) is 1. The molecule has 0 bridgehead atoms. The van der Waals surface area contributed by atoms with Crippen LogP contribution in [0.2, 0.25) is 0 Å². The van der Waals surface area contributed by atoms with E-state index in [-0.39, 0.29) is 11.8 Å². The van der Waals surface area contributed by atoms with Crippen molar-refractivity contribution in [2.75, 3.05) is 0 Å². The number of Topliss-reactive ketones (excluding diaryl/α,β-unsaturated/α-hetero) is 1. The minimum absolute atomic E-state index is 0.157. The average molecular weight is 142 g/mol. The Morgan fingerprint density at radius 3 is 2.20 bits per heavy atom. The third-order valence-corrected chi connectivity index (χ3v) is 0.580. The number of ketones is 1. The first-order valence-electron chi connectivity index (χ1n) is 2.94. The number of rotatable bonds is 0. The summed E-state index contributed by atoms with van der Waals surface area (Å²) in [5.41, 5.74) is 0. The first kappa shape index (κ1) is 8.88. The summed E-state index contributed by atoms with van der Waals surface area (Å²) < 4.78 is 4.33. The van der Waals surface area contributed by atoms with E-state index in [1.807, 2.05) is 0 Å². The van der Waals surface area contributed by atoms with Crippen molar-refractivity contribution in [1.29, 1.82) is 0 Å². The molecule has 0 aliphatic carbocycles. The van der Waals surface area contributed by atoms with Gasteiger partial charge in [0, 0.05) is 0 Å². The van der Waals surface area contributed by atoms with Gasteiger partial charge in [-0.05, 0) is 19.9 Å². The molecule has 56 valence electrons. The molecule has 0 fully saturated rings. The molecule has 0 unspecified atom stereocenters. The second kappa shape index (κ2) is 4.73. The van der Waals surface area contributed by atoms with Crippen LogP contribution in [0.15, 0.2) is 12.3 Å². The first-order valence-corrected chi connectivity index (χ1v) is 2.94. The van der Waals surface area contributed by atoms with Gasteiger partial charge >= 0.3 is 5.97 Å². The molecule has 1 aliphatic rings. The van der Waals surface area contributed by atoms with Crippen LogP contribution in [0.4, 0.5) is 0 Å². The molecule has 0 atom stereocenters. The van der Waals surface area contributed by atoms with Crippen LogP contribution >= 0.6 is 0 Å². The summed E-state index contributed by atoms with van der Waals surface area (Å²) in [4.78, 5) is 19.4. The molecule has 0 aromatic heterocycles. The summed E-state index contributed by atoms with van der Waals surface area (Å²) >= 11 is 0. The zero-order chi connectivity index (χ0) is 7.98. The first-order chi connectivity index (χ1) is 4.63. The van der Waals surface area contributed by atoms with E-state index in [4.69, 9.17) is 0 Å². The highest BCUT2D eigenvalue weighted by Gasteiger charge is 2.00. The Morgan fingerprint density at radius 1 is 1.60 bits per heavy atom. The van der Waals surface area contributed by atoms with E-state index in [1.54, 1.807) is 6.08 Å². The van der Waals surface area contributed by atoms with Gasteiger partial charge in [-0.15, -0.1) is 0 Å². The second-order valence-corrected chi connectivity index (χ2v) is 1.97. The van der Waals surface area contributed by atoms with Gasteiger partial charge in [0.25, 0.3) is 0 Å². The van der Waals surface area contributed by atoms with Crippen LogP contribution in [0.3, 0.4) is 0 Å². The highest BCUT2D eigenvalue weighted by molar-refractivity contribution is 5.73. The van der Waals surface area contributed by atoms with Crippen LogP contribution in [0.25, 0.3) is 0 Å². The molecule has 1 rings (SSSR count). The molecule has 1 heterocycles. The van der Waals surface area contributed by atoms with Crippen LogP contribution in [-0.4, -0.2) is 11.8 Å². The summed E-state index contributed by atoms with van der Waals surface area (Å²) in [5.74, 6) is 0.00926. The number of cyclic esters (lactones) is 1. The van der Waals surface area contributed by atoms with Crippen LogP contribution in [0.1, 0.15) is 20.3 Å². The molecule has 0 spiro atoms. The predicted molar refractivity (Wildman–Crippen MR) is 36.2 cm³/mol. The highest BCUT2D eigenvalue weighted by atomic mass is 16.5. The van der Waals surface area contributed by atoms with Crippen LogP contribution in [0, 0.1) is 0 Å². The second-order valence-electron chi connectivity index (χ2n) is 1.97. The van der Waals surface area contributed by atoms with Crippen molar-refractivity contribution in [3.8, 4) is 0 Å². The van der Waals surface area contributed by atoms with Crippen LogP contribution < -0.4 is 0 Å². The zero-order valence-corrected chi connectivity index (χ0v) is 6.09. The van der Waals surface area contributed by atoms with Crippen molar-refractivity contribution in [1.82, 2.24) is 0 Å². The third kappa shape index (κ3) is 6.88. The molecule has 1 aliphatic heterocycles. The molecular formula is C7H10O3. The van der Waals surface area contributed by atoms with Gasteiger partial charge in [0.15, 0.2) is 0 Å². The van der Waals surface area contributed by atoms with Gasteiger partial charge < -0.3 is 9.53 Å². The largest absolute Gasteiger partial charge is 0.435 e. The van der Waals surface area contributed by atoms with Gasteiger partial charge in [0.2, 0.25) is 0 Å². The number of hydrogen-bond donors (Lipinski definition) is 0.